The van der Waals surface area contributed by atoms with Crippen molar-refractivity contribution in [2.24, 2.45) is 18.9 Å². The quantitative estimate of drug-likeness (QED) is 0.479. The number of halogens is 2. The monoisotopic (exact) mass is 441 g/mol. The number of anilines is 1. The molecule has 0 radical (unpaired) electrons. The fourth-order valence-electron chi connectivity index (χ4n) is 4.64. The maximum absolute atomic E-state index is 14.3. The Balaban J connectivity index is 1.17. The minimum atomic E-state index is -0.381. The zero-order chi connectivity index (χ0) is 21.3. The molecule has 1 aliphatic carbocycles. The smallest absolute Gasteiger partial charge is 0.280 e. The van der Waals surface area contributed by atoms with Crippen LogP contribution in [-0.4, -0.2) is 42.3 Å². The van der Waals surface area contributed by atoms with Crippen LogP contribution >= 0.6 is 11.6 Å². The topological polar surface area (TPSA) is 94.9 Å². The fourth-order valence-corrected chi connectivity index (χ4v) is 4.81. The van der Waals surface area contributed by atoms with E-state index in [4.69, 9.17) is 16.1 Å². The molecule has 0 amide bonds. The zero-order valence-corrected chi connectivity index (χ0v) is 17.2. The van der Waals surface area contributed by atoms with Gasteiger partial charge in [0.2, 0.25) is 5.89 Å². The molecule has 158 valence electrons. The summed E-state index contributed by atoms with van der Waals surface area (Å²) in [6.45, 7) is 1.58. The highest BCUT2D eigenvalue weighted by Gasteiger charge is 2.58. The minimum Gasteiger partial charge on any atom is -0.368 e. The maximum atomic E-state index is 14.3. The van der Waals surface area contributed by atoms with Crippen molar-refractivity contribution in [2.45, 2.75) is 12.5 Å². The van der Waals surface area contributed by atoms with Gasteiger partial charge in [-0.05, 0) is 24.0 Å². The van der Waals surface area contributed by atoms with Gasteiger partial charge in [-0.15, -0.1) is 0 Å². The average Bonchev–Trinajstić information content (AvgIpc) is 3.18. The third-order valence-electron chi connectivity index (χ3n) is 6.25. The summed E-state index contributed by atoms with van der Waals surface area (Å²) in [5, 5.41) is 4.26. The molecular formula is C20H17ClFN7O2. The molecule has 0 bridgehead atoms. The molecule has 11 heteroatoms. The number of benzene rings is 1. The number of rotatable bonds is 4. The number of piperidine rings is 1. The van der Waals surface area contributed by atoms with Crippen molar-refractivity contribution in [3.05, 3.63) is 63.8 Å². The van der Waals surface area contributed by atoms with E-state index in [2.05, 4.69) is 20.1 Å². The van der Waals surface area contributed by atoms with Crippen molar-refractivity contribution in [3.63, 3.8) is 0 Å². The Morgan fingerprint density at radius 3 is 2.81 bits per heavy atom. The van der Waals surface area contributed by atoms with Crippen molar-refractivity contribution in [1.82, 2.24) is 29.2 Å². The van der Waals surface area contributed by atoms with E-state index in [1.165, 1.54) is 10.9 Å². The van der Waals surface area contributed by atoms with Gasteiger partial charge in [0.05, 0.1) is 17.0 Å². The largest absolute Gasteiger partial charge is 0.368 e. The Labute approximate surface area is 180 Å². The Morgan fingerprint density at radius 2 is 2.00 bits per heavy atom. The second kappa shape index (κ2) is 6.61. The first-order valence-corrected chi connectivity index (χ1v) is 10.3. The lowest BCUT2D eigenvalue weighted by Crippen LogP contribution is -2.24. The van der Waals surface area contributed by atoms with Crippen molar-refractivity contribution in [1.29, 1.82) is 0 Å². The van der Waals surface area contributed by atoms with Gasteiger partial charge < -0.3 is 14.0 Å². The van der Waals surface area contributed by atoms with Gasteiger partial charge in [-0.25, -0.2) is 14.4 Å². The fraction of sp³-hybridized carbons (Fsp3) is 0.350. The van der Waals surface area contributed by atoms with Crippen molar-refractivity contribution in [3.8, 4) is 0 Å². The zero-order valence-electron chi connectivity index (χ0n) is 16.4. The molecule has 1 saturated carbocycles. The van der Waals surface area contributed by atoms with Gasteiger partial charge in [0, 0.05) is 26.1 Å². The van der Waals surface area contributed by atoms with E-state index in [0.29, 0.717) is 40.4 Å². The van der Waals surface area contributed by atoms with E-state index in [-0.39, 0.29) is 28.9 Å². The lowest BCUT2D eigenvalue weighted by Gasteiger charge is -2.22. The highest BCUT2D eigenvalue weighted by Crippen LogP contribution is 2.58. The average molecular weight is 442 g/mol. The molecule has 6 rings (SSSR count). The van der Waals surface area contributed by atoms with Gasteiger partial charge in [-0.1, -0.05) is 22.8 Å². The van der Waals surface area contributed by atoms with Crippen LogP contribution in [0.1, 0.15) is 17.6 Å². The van der Waals surface area contributed by atoms with Gasteiger partial charge in [-0.3, -0.25) is 9.36 Å². The van der Waals surface area contributed by atoms with Crippen LogP contribution in [-0.2, 0) is 13.6 Å². The van der Waals surface area contributed by atoms with Crippen molar-refractivity contribution in [2.75, 3.05) is 18.0 Å². The molecule has 2 aliphatic rings. The third kappa shape index (κ3) is 2.85. The summed E-state index contributed by atoms with van der Waals surface area (Å²) >= 11 is 5.91. The van der Waals surface area contributed by atoms with E-state index in [1.54, 1.807) is 36.1 Å². The lowest BCUT2D eigenvalue weighted by atomic mass is 10.2. The predicted octanol–water partition coefficient (Wildman–Crippen LogP) is 2.20. The molecule has 2 fully saturated rings. The number of nitrogens with zero attached hydrogens (tertiary/aromatic N) is 7. The number of aromatic nitrogens is 6. The summed E-state index contributed by atoms with van der Waals surface area (Å²) < 4.78 is 22.8. The third-order valence-corrected chi connectivity index (χ3v) is 6.55. The predicted molar refractivity (Wildman–Crippen MR) is 110 cm³/mol. The Morgan fingerprint density at radius 1 is 1.23 bits per heavy atom. The standard InChI is InChI=1S/C20H17ClFN7O2/c1-27-8-23-19-17(27)20(30)29(9-24-19)7-14-25-18(26-31-14)15-10-5-28(6-11(10)15)13-4-2-3-12(21)16(13)22/h2-4,8-11,15H,5-7H2,1H3/t10-,11+,15?. The number of fused-ring (bicyclic) bond motifs is 2. The van der Waals surface area contributed by atoms with E-state index in [9.17, 15) is 9.18 Å². The number of hydrogen-bond acceptors (Lipinski definition) is 7. The molecule has 9 nitrogen and oxygen atoms in total. The van der Waals surface area contributed by atoms with Gasteiger partial charge in [-0.2, -0.15) is 4.98 Å². The van der Waals surface area contributed by atoms with Crippen LogP contribution < -0.4 is 10.5 Å². The van der Waals surface area contributed by atoms with Crippen molar-refractivity contribution >= 4 is 28.5 Å². The Hall–Kier alpha value is -3.27. The first kappa shape index (κ1) is 18.5. The van der Waals surface area contributed by atoms with Crippen molar-refractivity contribution < 1.29 is 8.91 Å². The lowest BCUT2D eigenvalue weighted by molar-refractivity contribution is 0.363. The molecular weight excluding hydrogens is 425 g/mol. The van der Waals surface area contributed by atoms with Gasteiger partial charge >= 0.3 is 0 Å². The molecule has 1 aromatic carbocycles. The Bertz CT molecular complexity index is 1370. The second-order valence-corrected chi connectivity index (χ2v) is 8.49. The number of imidazole rings is 1. The van der Waals surface area contributed by atoms with Crippen LogP contribution in [0.25, 0.3) is 11.2 Å². The summed E-state index contributed by atoms with van der Waals surface area (Å²) in [5.41, 5.74) is 1.14. The molecule has 1 unspecified atom stereocenters. The highest BCUT2D eigenvalue weighted by atomic mass is 35.5. The van der Waals surface area contributed by atoms with Crippen LogP contribution in [0.4, 0.5) is 10.1 Å². The van der Waals surface area contributed by atoms with Gasteiger partial charge in [0.1, 0.15) is 12.9 Å². The Kier molecular flexibility index (Phi) is 3.95. The number of hydrogen-bond donors (Lipinski definition) is 0. The van der Waals surface area contributed by atoms with Gasteiger partial charge in [0.15, 0.2) is 22.8 Å². The van der Waals surface area contributed by atoms with E-state index >= 15 is 0 Å². The molecule has 1 saturated heterocycles. The summed E-state index contributed by atoms with van der Waals surface area (Å²) in [6, 6.07) is 5.05. The maximum Gasteiger partial charge on any atom is 0.280 e. The van der Waals surface area contributed by atoms with Crippen LogP contribution in [0.3, 0.4) is 0 Å². The molecule has 3 aromatic heterocycles. The van der Waals surface area contributed by atoms with Crippen LogP contribution in [0.15, 0.2) is 40.2 Å². The first-order valence-electron chi connectivity index (χ1n) is 9.89. The summed E-state index contributed by atoms with van der Waals surface area (Å²) in [4.78, 5) is 27.5. The molecule has 0 N–H and O–H groups in total. The minimum absolute atomic E-state index is 0.131. The molecule has 0 spiro atoms. The number of aryl methyl sites for hydroxylation is 1. The summed E-state index contributed by atoms with van der Waals surface area (Å²) in [5.74, 6) is 1.48. The second-order valence-electron chi connectivity index (χ2n) is 8.08. The van der Waals surface area contributed by atoms with E-state index in [0.717, 1.165) is 13.1 Å². The van der Waals surface area contributed by atoms with E-state index < -0.39 is 0 Å². The summed E-state index contributed by atoms with van der Waals surface area (Å²) in [6.07, 6.45) is 2.99. The van der Waals surface area contributed by atoms with Crippen LogP contribution in [0, 0.1) is 17.7 Å². The van der Waals surface area contributed by atoms with Crippen LogP contribution in [0.5, 0.6) is 0 Å². The molecule has 1 aliphatic heterocycles. The normalized spacial score (nSPS) is 22.3. The molecule has 3 atom stereocenters. The molecule has 4 heterocycles. The first-order chi connectivity index (χ1) is 15.0. The molecule has 4 aromatic rings. The molecule has 31 heavy (non-hydrogen) atoms. The van der Waals surface area contributed by atoms with Gasteiger partial charge in [0.25, 0.3) is 5.56 Å². The van der Waals surface area contributed by atoms with Crippen LogP contribution in [0.2, 0.25) is 5.02 Å². The van der Waals surface area contributed by atoms with E-state index in [1.807, 2.05) is 4.90 Å². The SMILES string of the molecule is Cn1cnc2ncn(Cc3nc(C4[C@H]5CN(c6cccc(Cl)c6F)C[C@@H]45)no3)c(=O)c21. The highest BCUT2D eigenvalue weighted by molar-refractivity contribution is 6.31. The summed E-state index contributed by atoms with van der Waals surface area (Å²) in [7, 11) is 1.75.